The van der Waals surface area contributed by atoms with E-state index in [-0.39, 0.29) is 0 Å². The van der Waals surface area contributed by atoms with Crippen molar-refractivity contribution in [2.45, 2.75) is 6.54 Å². The molecule has 0 radical (unpaired) electrons. The Morgan fingerprint density at radius 3 is 2.44 bits per heavy atom. The van der Waals surface area contributed by atoms with Crippen LogP contribution in [-0.4, -0.2) is 0 Å². The molecular formula is C13H15N3. The minimum Gasteiger partial charge on any atom is -0.399 e. The van der Waals surface area contributed by atoms with Crippen LogP contribution in [0.2, 0.25) is 0 Å². The number of hydrogen-bond acceptors (Lipinski definition) is 3. The highest BCUT2D eigenvalue weighted by Gasteiger charge is 2.03. The molecule has 3 heteroatoms. The molecule has 16 heavy (non-hydrogen) atoms. The molecule has 0 spiro atoms. The number of nitrogens with two attached hydrogens (primary N) is 3. The van der Waals surface area contributed by atoms with Gasteiger partial charge in [-0.2, -0.15) is 0 Å². The first kappa shape index (κ1) is 10.5. The predicted molar refractivity (Wildman–Crippen MR) is 68.6 cm³/mol. The van der Waals surface area contributed by atoms with Crippen molar-refractivity contribution >= 4 is 11.4 Å². The van der Waals surface area contributed by atoms with Gasteiger partial charge in [0.25, 0.3) is 0 Å². The summed E-state index contributed by atoms with van der Waals surface area (Å²) < 4.78 is 0. The van der Waals surface area contributed by atoms with Crippen LogP contribution in [0, 0.1) is 0 Å². The minimum absolute atomic E-state index is 0.530. The van der Waals surface area contributed by atoms with Crippen molar-refractivity contribution < 1.29 is 0 Å². The van der Waals surface area contributed by atoms with E-state index in [4.69, 9.17) is 17.2 Å². The monoisotopic (exact) mass is 213 g/mol. The second-order valence-electron chi connectivity index (χ2n) is 3.75. The molecule has 0 fully saturated rings. The molecule has 0 amide bonds. The molecule has 0 unspecified atom stereocenters. The molecule has 0 saturated heterocycles. The molecule has 6 N–H and O–H groups in total. The van der Waals surface area contributed by atoms with Gasteiger partial charge >= 0.3 is 0 Å². The van der Waals surface area contributed by atoms with Crippen molar-refractivity contribution in [1.82, 2.24) is 0 Å². The summed E-state index contributed by atoms with van der Waals surface area (Å²) in [6, 6.07) is 13.6. The second-order valence-corrected chi connectivity index (χ2v) is 3.75. The number of anilines is 2. The van der Waals surface area contributed by atoms with Crippen LogP contribution >= 0.6 is 0 Å². The van der Waals surface area contributed by atoms with Crippen LogP contribution in [0.25, 0.3) is 11.1 Å². The largest absolute Gasteiger partial charge is 0.399 e. The Kier molecular flexibility index (Phi) is 2.79. The third-order valence-corrected chi connectivity index (χ3v) is 2.55. The summed E-state index contributed by atoms with van der Waals surface area (Å²) in [5.41, 5.74) is 21.7. The van der Waals surface area contributed by atoms with E-state index >= 15 is 0 Å². The zero-order valence-corrected chi connectivity index (χ0v) is 8.98. The number of rotatable bonds is 2. The molecule has 0 saturated carbocycles. The van der Waals surface area contributed by atoms with E-state index in [9.17, 15) is 0 Å². The Labute approximate surface area is 94.9 Å². The number of hydrogen-bond donors (Lipinski definition) is 3. The van der Waals surface area contributed by atoms with E-state index < -0.39 is 0 Å². The average molecular weight is 213 g/mol. The molecule has 0 aliphatic heterocycles. The van der Waals surface area contributed by atoms with E-state index in [1.807, 2.05) is 36.4 Å². The van der Waals surface area contributed by atoms with Gasteiger partial charge in [0, 0.05) is 23.5 Å². The fourth-order valence-corrected chi connectivity index (χ4v) is 1.71. The summed E-state index contributed by atoms with van der Waals surface area (Å²) in [7, 11) is 0. The topological polar surface area (TPSA) is 78.1 Å². The summed E-state index contributed by atoms with van der Waals surface area (Å²) in [6.07, 6.45) is 0. The third kappa shape index (κ3) is 1.99. The van der Waals surface area contributed by atoms with E-state index in [1.54, 1.807) is 6.07 Å². The van der Waals surface area contributed by atoms with Crippen LogP contribution < -0.4 is 17.2 Å². The molecule has 82 valence electrons. The van der Waals surface area contributed by atoms with E-state index in [2.05, 4.69) is 0 Å². The van der Waals surface area contributed by atoms with Crippen LogP contribution in [0.4, 0.5) is 11.4 Å². The predicted octanol–water partition coefficient (Wildman–Crippen LogP) is 1.98. The maximum absolute atomic E-state index is 5.93. The summed E-state index contributed by atoms with van der Waals surface area (Å²) in [4.78, 5) is 0. The van der Waals surface area contributed by atoms with Crippen LogP contribution in [-0.2, 0) is 6.54 Å². The Bertz CT molecular complexity index is 506. The lowest BCUT2D eigenvalue weighted by Gasteiger charge is -2.08. The standard InChI is InChI=1S/C13H15N3/c14-8-9-2-1-3-10(6-9)12-5-4-11(15)7-13(12)16/h1-7H,8,14-16H2. The van der Waals surface area contributed by atoms with Crippen molar-refractivity contribution in [3.05, 3.63) is 48.0 Å². The van der Waals surface area contributed by atoms with Crippen LogP contribution in [0.5, 0.6) is 0 Å². The van der Waals surface area contributed by atoms with Crippen LogP contribution in [0.1, 0.15) is 5.56 Å². The van der Waals surface area contributed by atoms with Gasteiger partial charge in [-0.1, -0.05) is 24.3 Å². The lowest BCUT2D eigenvalue weighted by atomic mass is 10.0. The van der Waals surface area contributed by atoms with Gasteiger partial charge in [0.2, 0.25) is 0 Å². The Balaban J connectivity index is 2.49. The molecular weight excluding hydrogens is 198 g/mol. The van der Waals surface area contributed by atoms with E-state index in [0.717, 1.165) is 16.7 Å². The molecule has 2 aromatic rings. The fourth-order valence-electron chi connectivity index (χ4n) is 1.71. The lowest BCUT2D eigenvalue weighted by Crippen LogP contribution is -1.97. The first-order valence-corrected chi connectivity index (χ1v) is 5.15. The molecule has 0 aliphatic rings. The van der Waals surface area contributed by atoms with Crippen LogP contribution in [0.3, 0.4) is 0 Å². The molecule has 3 nitrogen and oxygen atoms in total. The molecule has 0 heterocycles. The Morgan fingerprint density at radius 2 is 1.75 bits per heavy atom. The third-order valence-electron chi connectivity index (χ3n) is 2.55. The van der Waals surface area contributed by atoms with Crippen molar-refractivity contribution in [1.29, 1.82) is 0 Å². The maximum Gasteiger partial charge on any atom is 0.0414 e. The van der Waals surface area contributed by atoms with E-state index in [0.29, 0.717) is 17.9 Å². The number of nitrogen functional groups attached to an aromatic ring is 2. The van der Waals surface area contributed by atoms with Gasteiger partial charge in [-0.15, -0.1) is 0 Å². The Hall–Kier alpha value is -2.00. The normalized spacial score (nSPS) is 10.3. The lowest BCUT2D eigenvalue weighted by molar-refractivity contribution is 1.07. The zero-order valence-electron chi connectivity index (χ0n) is 8.98. The minimum atomic E-state index is 0.530. The fraction of sp³-hybridized carbons (Fsp3) is 0.0769. The van der Waals surface area contributed by atoms with Gasteiger partial charge in [-0.25, -0.2) is 0 Å². The van der Waals surface area contributed by atoms with Crippen molar-refractivity contribution in [2.24, 2.45) is 5.73 Å². The van der Waals surface area contributed by atoms with Crippen molar-refractivity contribution in [3.63, 3.8) is 0 Å². The number of benzene rings is 2. The highest BCUT2D eigenvalue weighted by Crippen LogP contribution is 2.27. The second kappa shape index (κ2) is 4.24. The van der Waals surface area contributed by atoms with Gasteiger partial charge in [-0.05, 0) is 29.3 Å². The summed E-state index contributed by atoms with van der Waals surface area (Å²) in [5, 5.41) is 0. The summed E-state index contributed by atoms with van der Waals surface area (Å²) >= 11 is 0. The van der Waals surface area contributed by atoms with Gasteiger partial charge in [0.1, 0.15) is 0 Å². The first-order chi connectivity index (χ1) is 7.70. The Morgan fingerprint density at radius 1 is 0.938 bits per heavy atom. The SMILES string of the molecule is NCc1cccc(-c2ccc(N)cc2N)c1. The van der Waals surface area contributed by atoms with Gasteiger partial charge in [0.05, 0.1) is 0 Å². The van der Waals surface area contributed by atoms with Gasteiger partial charge in [-0.3, -0.25) is 0 Å². The smallest absolute Gasteiger partial charge is 0.0414 e. The zero-order chi connectivity index (χ0) is 11.5. The van der Waals surface area contributed by atoms with E-state index in [1.165, 1.54) is 0 Å². The maximum atomic E-state index is 5.93. The molecule has 0 atom stereocenters. The quantitative estimate of drug-likeness (QED) is 0.667. The molecule has 0 aromatic heterocycles. The first-order valence-electron chi connectivity index (χ1n) is 5.15. The van der Waals surface area contributed by atoms with Gasteiger partial charge < -0.3 is 17.2 Å². The molecule has 0 aliphatic carbocycles. The molecule has 2 aromatic carbocycles. The molecule has 2 rings (SSSR count). The van der Waals surface area contributed by atoms with Crippen LogP contribution in [0.15, 0.2) is 42.5 Å². The summed E-state index contributed by atoms with van der Waals surface area (Å²) in [5.74, 6) is 0. The summed E-state index contributed by atoms with van der Waals surface area (Å²) in [6.45, 7) is 0.530. The van der Waals surface area contributed by atoms with Crippen molar-refractivity contribution in [2.75, 3.05) is 11.5 Å². The van der Waals surface area contributed by atoms with Crippen molar-refractivity contribution in [3.8, 4) is 11.1 Å². The average Bonchev–Trinajstić information content (AvgIpc) is 2.29. The van der Waals surface area contributed by atoms with Gasteiger partial charge in [0.15, 0.2) is 0 Å². The highest BCUT2D eigenvalue weighted by molar-refractivity contribution is 5.79. The highest BCUT2D eigenvalue weighted by atomic mass is 14.6. The molecule has 0 bridgehead atoms.